The molecule has 1 amide bonds. The Bertz CT molecular complexity index is 990. The van der Waals surface area contributed by atoms with Crippen molar-refractivity contribution in [1.82, 2.24) is 19.7 Å². The van der Waals surface area contributed by atoms with Crippen molar-refractivity contribution in [3.05, 3.63) is 53.2 Å². The summed E-state index contributed by atoms with van der Waals surface area (Å²) in [6.07, 6.45) is -3.56. The highest BCUT2D eigenvalue weighted by Gasteiger charge is 2.31. The molecule has 1 fully saturated rings. The van der Waals surface area contributed by atoms with Crippen LogP contribution in [0.2, 0.25) is 0 Å². The maximum absolute atomic E-state index is 12.9. The monoisotopic (exact) mass is 421 g/mol. The Labute approximate surface area is 169 Å². The maximum Gasteiger partial charge on any atom is 0.417 e. The van der Waals surface area contributed by atoms with Gasteiger partial charge < -0.3 is 9.80 Å². The predicted octanol–water partition coefficient (Wildman–Crippen LogP) is 3.52. The second-order valence-electron chi connectivity index (χ2n) is 6.70. The minimum absolute atomic E-state index is 0.108. The smallest absolute Gasteiger partial charge is 0.353 e. The number of aromatic nitrogens is 3. The van der Waals surface area contributed by atoms with Gasteiger partial charge in [-0.2, -0.15) is 18.3 Å². The molecule has 0 radical (unpaired) electrons. The number of pyridine rings is 1. The van der Waals surface area contributed by atoms with Gasteiger partial charge in [0.05, 0.1) is 10.4 Å². The molecule has 10 heteroatoms. The van der Waals surface area contributed by atoms with Crippen molar-refractivity contribution >= 4 is 23.1 Å². The maximum atomic E-state index is 12.9. The van der Waals surface area contributed by atoms with Crippen molar-refractivity contribution in [2.75, 3.05) is 31.1 Å². The highest BCUT2D eigenvalue weighted by Crippen LogP contribution is 2.29. The van der Waals surface area contributed by atoms with E-state index < -0.39 is 11.7 Å². The van der Waals surface area contributed by atoms with E-state index in [0.29, 0.717) is 37.7 Å². The van der Waals surface area contributed by atoms with Crippen molar-refractivity contribution in [3.63, 3.8) is 0 Å². The van der Waals surface area contributed by atoms with Gasteiger partial charge in [0.25, 0.3) is 5.91 Å². The van der Waals surface area contributed by atoms with Gasteiger partial charge >= 0.3 is 6.18 Å². The van der Waals surface area contributed by atoms with Crippen molar-refractivity contribution in [2.24, 2.45) is 7.05 Å². The largest absolute Gasteiger partial charge is 0.417 e. The van der Waals surface area contributed by atoms with Gasteiger partial charge in [0.2, 0.25) is 0 Å². The van der Waals surface area contributed by atoms with Gasteiger partial charge in [0.1, 0.15) is 17.2 Å². The van der Waals surface area contributed by atoms with Gasteiger partial charge in [-0.15, -0.1) is 11.3 Å². The van der Waals surface area contributed by atoms with Gasteiger partial charge in [-0.1, -0.05) is 6.07 Å². The highest BCUT2D eigenvalue weighted by atomic mass is 32.1. The molecule has 0 spiro atoms. The standard InChI is InChI=1S/C19H18F3N5OS/c1-25-15(11-14(24-25)16-3-2-10-29-16)18(28)27-8-6-26(7-9-27)17-5-4-13(12-23-17)19(20,21)22/h2-5,10-12H,6-9H2,1H3. The fourth-order valence-electron chi connectivity index (χ4n) is 3.25. The number of hydrogen-bond acceptors (Lipinski definition) is 5. The number of halogens is 3. The van der Waals surface area contributed by atoms with Crippen molar-refractivity contribution < 1.29 is 18.0 Å². The van der Waals surface area contributed by atoms with E-state index in [2.05, 4.69) is 10.1 Å². The van der Waals surface area contributed by atoms with Gasteiger partial charge in [0.15, 0.2) is 0 Å². The fourth-order valence-corrected chi connectivity index (χ4v) is 3.93. The molecule has 1 saturated heterocycles. The molecule has 0 unspecified atom stereocenters. The summed E-state index contributed by atoms with van der Waals surface area (Å²) in [5.74, 6) is 0.369. The zero-order valence-corrected chi connectivity index (χ0v) is 16.4. The zero-order chi connectivity index (χ0) is 20.6. The first-order valence-electron chi connectivity index (χ1n) is 8.98. The van der Waals surface area contributed by atoms with Crippen LogP contribution in [0.1, 0.15) is 16.1 Å². The van der Waals surface area contributed by atoms with E-state index in [1.807, 2.05) is 22.4 Å². The summed E-state index contributed by atoms with van der Waals surface area (Å²) in [5, 5.41) is 6.39. The molecule has 6 nitrogen and oxygen atoms in total. The van der Waals surface area contributed by atoms with Crippen LogP contribution in [0, 0.1) is 0 Å². The van der Waals surface area contributed by atoms with Crippen LogP contribution in [0.25, 0.3) is 10.6 Å². The first kappa shape index (κ1) is 19.4. The van der Waals surface area contributed by atoms with Crippen LogP contribution in [0.3, 0.4) is 0 Å². The lowest BCUT2D eigenvalue weighted by Crippen LogP contribution is -2.49. The molecule has 3 aromatic rings. The number of carbonyl (C=O) groups excluding carboxylic acids is 1. The minimum Gasteiger partial charge on any atom is -0.353 e. The lowest BCUT2D eigenvalue weighted by molar-refractivity contribution is -0.137. The summed E-state index contributed by atoms with van der Waals surface area (Å²) in [6, 6.07) is 8.08. The van der Waals surface area contributed by atoms with Crippen LogP contribution < -0.4 is 4.90 Å². The van der Waals surface area contributed by atoms with Crippen molar-refractivity contribution in [3.8, 4) is 10.6 Å². The highest BCUT2D eigenvalue weighted by molar-refractivity contribution is 7.13. The van der Waals surface area contributed by atoms with Crippen LogP contribution in [-0.2, 0) is 13.2 Å². The molecule has 1 aliphatic rings. The molecule has 0 saturated carbocycles. The number of hydrogen-bond donors (Lipinski definition) is 0. The predicted molar refractivity (Wildman–Crippen MR) is 104 cm³/mol. The second kappa shape index (κ2) is 7.51. The van der Waals surface area contributed by atoms with Gasteiger partial charge in [0, 0.05) is 39.4 Å². The lowest BCUT2D eigenvalue weighted by atomic mass is 10.2. The van der Waals surface area contributed by atoms with Gasteiger partial charge in [-0.05, 0) is 29.6 Å². The molecule has 29 heavy (non-hydrogen) atoms. The molecule has 0 aromatic carbocycles. The average Bonchev–Trinajstić information content (AvgIpc) is 3.37. The molecule has 1 aliphatic heterocycles. The Morgan fingerprint density at radius 1 is 1.14 bits per heavy atom. The summed E-state index contributed by atoms with van der Waals surface area (Å²) in [5.41, 5.74) is 0.501. The third-order valence-corrected chi connectivity index (χ3v) is 5.73. The molecule has 152 valence electrons. The first-order chi connectivity index (χ1) is 13.8. The molecule has 4 heterocycles. The molecule has 0 aliphatic carbocycles. The summed E-state index contributed by atoms with van der Waals surface area (Å²) in [4.78, 5) is 21.5. The van der Waals surface area contributed by atoms with E-state index in [1.54, 1.807) is 34.0 Å². The topological polar surface area (TPSA) is 54.3 Å². The molecular formula is C19H18F3N5OS. The summed E-state index contributed by atoms with van der Waals surface area (Å²) in [7, 11) is 1.74. The Morgan fingerprint density at radius 2 is 1.90 bits per heavy atom. The Hall–Kier alpha value is -2.88. The first-order valence-corrected chi connectivity index (χ1v) is 9.86. The van der Waals surface area contributed by atoms with E-state index in [9.17, 15) is 18.0 Å². The van der Waals surface area contributed by atoms with Crippen LogP contribution in [-0.4, -0.2) is 51.8 Å². The van der Waals surface area contributed by atoms with E-state index in [0.717, 1.165) is 22.8 Å². The average molecular weight is 421 g/mol. The number of anilines is 1. The SMILES string of the molecule is Cn1nc(-c2cccs2)cc1C(=O)N1CCN(c2ccc(C(F)(F)F)cn2)CC1. The number of rotatable bonds is 3. The Balaban J connectivity index is 1.41. The fraction of sp³-hybridized carbons (Fsp3) is 0.316. The third-order valence-electron chi connectivity index (χ3n) is 4.84. The zero-order valence-electron chi connectivity index (χ0n) is 15.6. The van der Waals surface area contributed by atoms with E-state index >= 15 is 0 Å². The molecule has 4 rings (SSSR count). The van der Waals surface area contributed by atoms with Crippen molar-refractivity contribution in [1.29, 1.82) is 0 Å². The minimum atomic E-state index is -4.40. The number of alkyl halides is 3. The Morgan fingerprint density at radius 3 is 2.48 bits per heavy atom. The summed E-state index contributed by atoms with van der Waals surface area (Å²) < 4.78 is 39.6. The Kier molecular flexibility index (Phi) is 5.03. The van der Waals surface area contributed by atoms with E-state index in [1.165, 1.54) is 6.07 Å². The quantitative estimate of drug-likeness (QED) is 0.649. The van der Waals surface area contributed by atoms with E-state index in [-0.39, 0.29) is 5.91 Å². The number of amides is 1. The van der Waals surface area contributed by atoms with Gasteiger partial charge in [-0.3, -0.25) is 9.48 Å². The second-order valence-corrected chi connectivity index (χ2v) is 7.65. The number of aryl methyl sites for hydroxylation is 1. The number of piperazine rings is 1. The van der Waals surface area contributed by atoms with Crippen LogP contribution in [0.15, 0.2) is 41.9 Å². The van der Waals surface area contributed by atoms with Gasteiger partial charge in [-0.25, -0.2) is 4.98 Å². The molecular weight excluding hydrogens is 403 g/mol. The van der Waals surface area contributed by atoms with Crippen LogP contribution in [0.4, 0.5) is 19.0 Å². The molecule has 0 bridgehead atoms. The lowest BCUT2D eigenvalue weighted by Gasteiger charge is -2.35. The van der Waals surface area contributed by atoms with Crippen LogP contribution in [0.5, 0.6) is 0 Å². The molecule has 0 atom stereocenters. The summed E-state index contributed by atoms with van der Waals surface area (Å²) >= 11 is 1.56. The van der Waals surface area contributed by atoms with Crippen LogP contribution >= 0.6 is 11.3 Å². The third kappa shape index (κ3) is 3.98. The molecule has 0 N–H and O–H groups in total. The normalized spacial score (nSPS) is 15.0. The van der Waals surface area contributed by atoms with E-state index in [4.69, 9.17) is 0 Å². The number of carbonyl (C=O) groups is 1. The van der Waals surface area contributed by atoms with Crippen molar-refractivity contribution in [2.45, 2.75) is 6.18 Å². The molecule has 3 aromatic heterocycles. The number of nitrogens with zero attached hydrogens (tertiary/aromatic N) is 5. The summed E-state index contributed by atoms with van der Waals surface area (Å²) in [6.45, 7) is 1.92. The number of thiophene rings is 1.